The molecule has 148 valence electrons. The third-order valence-corrected chi connectivity index (χ3v) is 4.41. The van der Waals surface area contributed by atoms with Gasteiger partial charge in [0.15, 0.2) is 0 Å². The summed E-state index contributed by atoms with van der Waals surface area (Å²) >= 11 is 0. The average molecular weight is 455 g/mol. The number of benzene rings is 2. The number of hydrogen-bond acceptors (Lipinski definition) is 2. The van der Waals surface area contributed by atoms with Gasteiger partial charge in [-0.3, -0.25) is 9.98 Å². The number of para-hydroxylation sites is 2. The van der Waals surface area contributed by atoms with Crippen molar-refractivity contribution in [2.75, 3.05) is 0 Å². The van der Waals surface area contributed by atoms with Crippen LogP contribution in [0.25, 0.3) is 0 Å². The Hall–Kier alpha value is -1.56. The van der Waals surface area contributed by atoms with Crippen molar-refractivity contribution in [2.24, 2.45) is 9.98 Å². The van der Waals surface area contributed by atoms with Gasteiger partial charge in [0.2, 0.25) is 0 Å². The van der Waals surface area contributed by atoms with Crippen molar-refractivity contribution in [3.8, 4) is 0 Å². The van der Waals surface area contributed by atoms with Crippen LogP contribution in [-0.4, -0.2) is 11.4 Å². The van der Waals surface area contributed by atoms with Gasteiger partial charge in [-0.1, -0.05) is 75.9 Å². The predicted octanol–water partition coefficient (Wildman–Crippen LogP) is 7.69. The van der Waals surface area contributed by atoms with Crippen molar-refractivity contribution in [1.29, 1.82) is 0 Å². The molecule has 0 amide bonds. The maximum atomic E-state index is 4.99. The summed E-state index contributed by atoms with van der Waals surface area (Å²) in [5, 5.41) is 0. The Kier molecular flexibility index (Phi) is 12.6. The van der Waals surface area contributed by atoms with Gasteiger partial charge in [0.05, 0.1) is 22.8 Å². The van der Waals surface area contributed by atoms with E-state index in [2.05, 4.69) is 38.1 Å². The fourth-order valence-electron chi connectivity index (χ4n) is 2.91. The molecular weight excluding hydrogens is 423 g/mol. The molecule has 0 heterocycles. The van der Waals surface area contributed by atoms with Gasteiger partial charge in [-0.2, -0.15) is 0 Å². The minimum atomic E-state index is 0. The van der Waals surface area contributed by atoms with Gasteiger partial charge >= 0.3 is 0 Å². The fourth-order valence-corrected chi connectivity index (χ4v) is 2.91. The molecule has 27 heavy (non-hydrogen) atoms. The van der Waals surface area contributed by atoms with E-state index in [1.807, 2.05) is 36.4 Å². The standard InChI is InChI=1S/C24H32N2.Pd/c1-3-5-7-14-20-24(26-22-17-12-9-13-18-22)23(19-6-4-2)25-21-15-10-8-11-16-21;/h8-13,15-18H,3-7,14,19-20H2,1-2H3;. The molecule has 0 radical (unpaired) electrons. The van der Waals surface area contributed by atoms with Crippen LogP contribution in [0.2, 0.25) is 0 Å². The summed E-state index contributed by atoms with van der Waals surface area (Å²) in [4.78, 5) is 9.97. The molecule has 0 saturated heterocycles. The summed E-state index contributed by atoms with van der Waals surface area (Å²) in [6.45, 7) is 4.48. The van der Waals surface area contributed by atoms with E-state index in [-0.39, 0.29) is 20.4 Å². The Balaban J connectivity index is 0.00000364. The summed E-state index contributed by atoms with van der Waals surface area (Å²) in [5.74, 6) is 0. The van der Waals surface area contributed by atoms with Gasteiger partial charge in [0.25, 0.3) is 0 Å². The van der Waals surface area contributed by atoms with Crippen molar-refractivity contribution >= 4 is 22.8 Å². The van der Waals surface area contributed by atoms with E-state index < -0.39 is 0 Å². The fraction of sp³-hybridized carbons (Fsp3) is 0.417. The van der Waals surface area contributed by atoms with Crippen LogP contribution in [0.3, 0.4) is 0 Å². The first kappa shape index (κ1) is 23.5. The summed E-state index contributed by atoms with van der Waals surface area (Å²) in [6, 6.07) is 20.6. The second-order valence-corrected chi connectivity index (χ2v) is 6.70. The summed E-state index contributed by atoms with van der Waals surface area (Å²) in [6.07, 6.45) is 9.30. The van der Waals surface area contributed by atoms with E-state index >= 15 is 0 Å². The Labute approximate surface area is 178 Å². The van der Waals surface area contributed by atoms with Crippen LogP contribution in [-0.2, 0) is 20.4 Å². The zero-order valence-electron chi connectivity index (χ0n) is 16.6. The Bertz CT molecular complexity index is 678. The topological polar surface area (TPSA) is 24.7 Å². The molecular formula is C24H32N2Pd. The number of rotatable bonds is 11. The first-order chi connectivity index (χ1) is 12.8. The van der Waals surface area contributed by atoms with E-state index in [9.17, 15) is 0 Å². The zero-order chi connectivity index (χ0) is 18.5. The van der Waals surface area contributed by atoms with Gasteiger partial charge in [-0.05, 0) is 49.9 Å². The molecule has 2 rings (SSSR count). The van der Waals surface area contributed by atoms with Crippen LogP contribution in [0.15, 0.2) is 70.6 Å². The minimum absolute atomic E-state index is 0. The number of unbranched alkanes of at least 4 members (excludes halogenated alkanes) is 4. The Morgan fingerprint density at radius 3 is 1.48 bits per heavy atom. The summed E-state index contributed by atoms with van der Waals surface area (Å²) < 4.78 is 0. The molecule has 3 heteroatoms. The number of nitrogens with zero attached hydrogens (tertiary/aromatic N) is 2. The minimum Gasteiger partial charge on any atom is -0.252 e. The molecule has 0 atom stereocenters. The monoisotopic (exact) mass is 454 g/mol. The van der Waals surface area contributed by atoms with Crippen LogP contribution in [0, 0.1) is 0 Å². The molecule has 0 unspecified atom stereocenters. The van der Waals surface area contributed by atoms with Crippen molar-refractivity contribution in [2.45, 2.75) is 65.2 Å². The largest absolute Gasteiger partial charge is 0.252 e. The number of hydrogen-bond donors (Lipinski definition) is 0. The molecule has 0 spiro atoms. The van der Waals surface area contributed by atoms with Crippen LogP contribution in [0.1, 0.15) is 65.2 Å². The van der Waals surface area contributed by atoms with Crippen molar-refractivity contribution < 1.29 is 20.4 Å². The quantitative estimate of drug-likeness (QED) is 0.189. The third-order valence-electron chi connectivity index (χ3n) is 4.41. The maximum Gasteiger partial charge on any atom is 0.0633 e. The van der Waals surface area contributed by atoms with Gasteiger partial charge in [-0.25, -0.2) is 0 Å². The average Bonchev–Trinajstić information content (AvgIpc) is 2.69. The molecule has 0 aliphatic rings. The summed E-state index contributed by atoms with van der Waals surface area (Å²) in [5.41, 5.74) is 4.35. The Morgan fingerprint density at radius 1 is 0.593 bits per heavy atom. The van der Waals surface area contributed by atoms with Crippen LogP contribution in [0.4, 0.5) is 11.4 Å². The molecule has 0 N–H and O–H groups in total. The molecule has 0 bridgehead atoms. The molecule has 2 aromatic carbocycles. The first-order valence-corrected chi connectivity index (χ1v) is 10.1. The molecule has 2 aromatic rings. The van der Waals surface area contributed by atoms with E-state index in [1.165, 1.54) is 32.1 Å². The second kappa shape index (κ2) is 14.5. The van der Waals surface area contributed by atoms with E-state index in [4.69, 9.17) is 9.98 Å². The van der Waals surface area contributed by atoms with Gasteiger partial charge in [0, 0.05) is 20.4 Å². The molecule has 0 saturated carbocycles. The molecule has 0 fully saturated rings. The van der Waals surface area contributed by atoms with Crippen LogP contribution < -0.4 is 0 Å². The number of aliphatic imine (C=N–C) groups is 2. The van der Waals surface area contributed by atoms with E-state index in [0.29, 0.717) is 0 Å². The third kappa shape index (κ3) is 9.27. The van der Waals surface area contributed by atoms with Crippen molar-refractivity contribution in [3.63, 3.8) is 0 Å². The van der Waals surface area contributed by atoms with E-state index in [1.54, 1.807) is 0 Å². The van der Waals surface area contributed by atoms with Gasteiger partial charge < -0.3 is 0 Å². The van der Waals surface area contributed by atoms with Crippen LogP contribution in [0.5, 0.6) is 0 Å². The van der Waals surface area contributed by atoms with Gasteiger partial charge in [0.1, 0.15) is 0 Å². The normalized spacial score (nSPS) is 11.9. The van der Waals surface area contributed by atoms with E-state index in [0.717, 1.165) is 42.1 Å². The van der Waals surface area contributed by atoms with Crippen molar-refractivity contribution in [3.05, 3.63) is 60.7 Å². The second-order valence-electron chi connectivity index (χ2n) is 6.70. The molecule has 0 aliphatic heterocycles. The molecule has 0 aliphatic carbocycles. The first-order valence-electron chi connectivity index (χ1n) is 10.1. The Morgan fingerprint density at radius 2 is 1.04 bits per heavy atom. The molecule has 2 nitrogen and oxygen atoms in total. The zero-order valence-corrected chi connectivity index (χ0v) is 18.2. The van der Waals surface area contributed by atoms with Gasteiger partial charge in [-0.15, -0.1) is 0 Å². The SMILES string of the molecule is CCCCCCC(=Nc1ccccc1)C(CCCC)=Nc1ccccc1.[Pd]. The maximum absolute atomic E-state index is 4.99. The smallest absolute Gasteiger partial charge is 0.0633 e. The van der Waals surface area contributed by atoms with Crippen molar-refractivity contribution in [1.82, 2.24) is 0 Å². The molecule has 0 aromatic heterocycles. The summed E-state index contributed by atoms with van der Waals surface area (Å²) in [7, 11) is 0. The van der Waals surface area contributed by atoms with Crippen LogP contribution >= 0.6 is 0 Å². The predicted molar refractivity (Wildman–Crippen MR) is 115 cm³/mol.